The molecule has 1 aromatic carbocycles. The maximum atomic E-state index is 11.7. The topological polar surface area (TPSA) is 71.1 Å². The summed E-state index contributed by atoms with van der Waals surface area (Å²) in [5.74, 6) is -2.76. The van der Waals surface area contributed by atoms with Crippen molar-refractivity contribution in [2.75, 3.05) is 6.61 Å². The molecule has 0 aliphatic carbocycles. The number of esters is 2. The summed E-state index contributed by atoms with van der Waals surface area (Å²) in [6.07, 6.45) is -1.00. The zero-order valence-corrected chi connectivity index (χ0v) is 12.9. The van der Waals surface area contributed by atoms with Crippen molar-refractivity contribution in [3.63, 3.8) is 0 Å². The standard InChI is InChI=1S/C16H20O6/c1-11(13-10-20-16(2,3)22-13)21-15(18)14(17)19-9-12-7-5-4-6-8-12/h4-8,11,13H,9-10H2,1-3H3/t11-,13+/m1/s1. The summed E-state index contributed by atoms with van der Waals surface area (Å²) in [5.41, 5.74) is 0.797. The highest BCUT2D eigenvalue weighted by molar-refractivity contribution is 6.29. The first-order valence-corrected chi connectivity index (χ1v) is 7.11. The highest BCUT2D eigenvalue weighted by Gasteiger charge is 2.38. The Kier molecular flexibility index (Phi) is 5.15. The number of carbonyl (C=O) groups is 2. The van der Waals surface area contributed by atoms with Crippen LogP contribution in [0.4, 0.5) is 0 Å². The third-order valence-electron chi connectivity index (χ3n) is 3.23. The highest BCUT2D eigenvalue weighted by Crippen LogP contribution is 2.25. The largest absolute Gasteiger partial charge is 0.452 e. The molecule has 1 heterocycles. The van der Waals surface area contributed by atoms with Crippen molar-refractivity contribution in [2.24, 2.45) is 0 Å². The first-order valence-electron chi connectivity index (χ1n) is 7.11. The van der Waals surface area contributed by atoms with E-state index in [1.54, 1.807) is 32.9 Å². The van der Waals surface area contributed by atoms with Gasteiger partial charge in [-0.3, -0.25) is 0 Å². The van der Waals surface area contributed by atoms with Gasteiger partial charge in [-0.2, -0.15) is 0 Å². The van der Waals surface area contributed by atoms with Gasteiger partial charge >= 0.3 is 11.9 Å². The SMILES string of the molecule is C[C@@H](OC(=O)C(=O)OCc1ccccc1)[C@@H]1COC(C)(C)O1. The summed E-state index contributed by atoms with van der Waals surface area (Å²) in [6, 6.07) is 9.10. The first kappa shape index (κ1) is 16.5. The summed E-state index contributed by atoms with van der Waals surface area (Å²) >= 11 is 0. The van der Waals surface area contributed by atoms with Crippen LogP contribution in [0.2, 0.25) is 0 Å². The van der Waals surface area contributed by atoms with Gasteiger partial charge in [-0.25, -0.2) is 9.59 Å². The lowest BCUT2D eigenvalue weighted by Crippen LogP contribution is -2.34. The fraction of sp³-hybridized carbons (Fsp3) is 0.500. The minimum absolute atomic E-state index is 0.0270. The number of ether oxygens (including phenoxy) is 4. The van der Waals surface area contributed by atoms with E-state index in [0.29, 0.717) is 6.61 Å². The Labute approximate surface area is 129 Å². The summed E-state index contributed by atoms with van der Waals surface area (Å²) in [7, 11) is 0. The van der Waals surface area contributed by atoms with Crippen molar-refractivity contribution in [1.29, 1.82) is 0 Å². The molecule has 0 aromatic heterocycles. The Morgan fingerprint density at radius 1 is 1.27 bits per heavy atom. The fourth-order valence-electron chi connectivity index (χ4n) is 2.02. The summed E-state index contributed by atoms with van der Waals surface area (Å²) < 4.78 is 20.9. The van der Waals surface area contributed by atoms with Gasteiger partial charge in [-0.15, -0.1) is 0 Å². The van der Waals surface area contributed by atoms with Crippen LogP contribution in [0.3, 0.4) is 0 Å². The van der Waals surface area contributed by atoms with Crippen molar-refractivity contribution in [1.82, 2.24) is 0 Å². The molecule has 1 saturated heterocycles. The van der Waals surface area contributed by atoms with Crippen LogP contribution in [0.5, 0.6) is 0 Å². The van der Waals surface area contributed by atoms with Gasteiger partial charge in [0.05, 0.1) is 6.61 Å². The molecule has 2 atom stereocenters. The van der Waals surface area contributed by atoms with E-state index < -0.39 is 29.9 Å². The Bertz CT molecular complexity index is 525. The molecule has 2 rings (SSSR count). The fourth-order valence-corrected chi connectivity index (χ4v) is 2.02. The second-order valence-electron chi connectivity index (χ2n) is 5.54. The molecule has 1 aliphatic rings. The molecule has 120 valence electrons. The molecule has 0 radical (unpaired) electrons. The van der Waals surface area contributed by atoms with Crippen molar-refractivity contribution in [3.05, 3.63) is 35.9 Å². The second-order valence-corrected chi connectivity index (χ2v) is 5.54. The normalized spacial score (nSPS) is 21.1. The maximum Gasteiger partial charge on any atom is 0.417 e. The smallest absolute Gasteiger partial charge is 0.417 e. The Hall–Kier alpha value is -1.92. The molecule has 0 unspecified atom stereocenters. The number of carbonyl (C=O) groups excluding carboxylic acids is 2. The van der Waals surface area contributed by atoms with Gasteiger partial charge in [0.25, 0.3) is 0 Å². The van der Waals surface area contributed by atoms with Crippen LogP contribution < -0.4 is 0 Å². The molecule has 0 N–H and O–H groups in total. The molecule has 0 spiro atoms. The van der Waals surface area contributed by atoms with E-state index in [1.165, 1.54) is 0 Å². The summed E-state index contributed by atoms with van der Waals surface area (Å²) in [6.45, 7) is 5.53. The van der Waals surface area contributed by atoms with E-state index in [4.69, 9.17) is 18.9 Å². The van der Waals surface area contributed by atoms with Crippen molar-refractivity contribution in [2.45, 2.75) is 45.4 Å². The zero-order valence-electron chi connectivity index (χ0n) is 12.9. The van der Waals surface area contributed by atoms with Crippen molar-refractivity contribution >= 4 is 11.9 Å². The molecule has 1 fully saturated rings. The average Bonchev–Trinajstić information content (AvgIpc) is 2.86. The van der Waals surface area contributed by atoms with Crippen molar-refractivity contribution < 1.29 is 28.5 Å². The third-order valence-corrected chi connectivity index (χ3v) is 3.23. The van der Waals surface area contributed by atoms with Crippen molar-refractivity contribution in [3.8, 4) is 0 Å². The van der Waals surface area contributed by atoms with Gasteiger partial charge in [0.15, 0.2) is 5.79 Å². The highest BCUT2D eigenvalue weighted by atomic mass is 16.8. The van der Waals surface area contributed by atoms with E-state index >= 15 is 0 Å². The van der Waals surface area contributed by atoms with E-state index in [9.17, 15) is 9.59 Å². The lowest BCUT2D eigenvalue weighted by Gasteiger charge is -2.21. The Morgan fingerprint density at radius 3 is 2.55 bits per heavy atom. The zero-order chi connectivity index (χ0) is 16.2. The lowest BCUT2D eigenvalue weighted by atomic mass is 10.2. The van der Waals surface area contributed by atoms with Crippen LogP contribution in [0, 0.1) is 0 Å². The lowest BCUT2D eigenvalue weighted by molar-refractivity contribution is -0.180. The molecular formula is C16H20O6. The van der Waals surface area contributed by atoms with Gasteiger partial charge < -0.3 is 18.9 Å². The van der Waals surface area contributed by atoms with E-state index in [2.05, 4.69) is 0 Å². The molecule has 0 amide bonds. The Balaban J connectivity index is 1.78. The van der Waals surface area contributed by atoms with Crippen LogP contribution in [0.25, 0.3) is 0 Å². The molecule has 6 heteroatoms. The van der Waals surface area contributed by atoms with Crippen LogP contribution in [0.1, 0.15) is 26.3 Å². The molecule has 1 aliphatic heterocycles. The van der Waals surface area contributed by atoms with Gasteiger partial charge in [0, 0.05) is 0 Å². The quantitative estimate of drug-likeness (QED) is 0.624. The average molecular weight is 308 g/mol. The number of benzene rings is 1. The van der Waals surface area contributed by atoms with Gasteiger partial charge in [-0.1, -0.05) is 30.3 Å². The van der Waals surface area contributed by atoms with Crippen LogP contribution in [0.15, 0.2) is 30.3 Å². The minimum atomic E-state index is -1.03. The number of hydrogen-bond donors (Lipinski definition) is 0. The second kappa shape index (κ2) is 6.89. The molecular weight excluding hydrogens is 288 g/mol. The third kappa shape index (κ3) is 4.54. The summed E-state index contributed by atoms with van der Waals surface area (Å²) in [5, 5.41) is 0. The molecule has 0 bridgehead atoms. The minimum Gasteiger partial charge on any atom is -0.452 e. The monoisotopic (exact) mass is 308 g/mol. The molecule has 0 saturated carbocycles. The van der Waals surface area contributed by atoms with Gasteiger partial charge in [-0.05, 0) is 26.3 Å². The van der Waals surface area contributed by atoms with Gasteiger partial charge in [0.1, 0.15) is 18.8 Å². The number of rotatable bonds is 4. The van der Waals surface area contributed by atoms with E-state index in [0.717, 1.165) is 5.56 Å². The first-order chi connectivity index (χ1) is 10.4. The molecule has 1 aromatic rings. The predicted molar refractivity (Wildman–Crippen MR) is 76.7 cm³/mol. The molecule has 22 heavy (non-hydrogen) atoms. The Morgan fingerprint density at radius 2 is 1.95 bits per heavy atom. The van der Waals surface area contributed by atoms with Crippen LogP contribution in [-0.4, -0.2) is 36.5 Å². The maximum absolute atomic E-state index is 11.7. The van der Waals surface area contributed by atoms with Gasteiger partial charge in [0.2, 0.25) is 0 Å². The van der Waals surface area contributed by atoms with Crippen LogP contribution in [-0.2, 0) is 35.1 Å². The molecule has 6 nitrogen and oxygen atoms in total. The van der Waals surface area contributed by atoms with E-state index in [1.807, 2.05) is 18.2 Å². The summed E-state index contributed by atoms with van der Waals surface area (Å²) in [4.78, 5) is 23.3. The predicted octanol–water partition coefficient (Wildman–Crippen LogP) is 1.81. The van der Waals surface area contributed by atoms with Crippen LogP contribution >= 0.6 is 0 Å². The number of hydrogen-bond acceptors (Lipinski definition) is 6. The van der Waals surface area contributed by atoms with E-state index in [-0.39, 0.29) is 6.61 Å².